The topological polar surface area (TPSA) is 172 Å². The van der Waals surface area contributed by atoms with E-state index in [2.05, 4.69) is 9.97 Å². The van der Waals surface area contributed by atoms with Gasteiger partial charge in [0.05, 0.1) is 5.69 Å². The molecule has 15 heavy (non-hydrogen) atoms. The number of H-pyrrole nitrogens is 1. The highest BCUT2D eigenvalue weighted by Gasteiger charge is 1.99. The van der Waals surface area contributed by atoms with Crippen molar-refractivity contribution in [2.75, 3.05) is 11.5 Å². The van der Waals surface area contributed by atoms with Crippen molar-refractivity contribution >= 4 is 22.0 Å². The fourth-order valence-electron chi connectivity index (χ4n) is 0.617. The van der Waals surface area contributed by atoms with E-state index in [1.807, 2.05) is 0 Å². The average Bonchev–Trinajstić information content (AvgIpc) is 1.96. The van der Waals surface area contributed by atoms with Gasteiger partial charge in [-0.1, -0.05) is 0 Å². The number of hydrogen-bond acceptors (Lipinski definition) is 6. The lowest BCUT2D eigenvalue weighted by Gasteiger charge is -1.97. The van der Waals surface area contributed by atoms with Crippen LogP contribution in [0.4, 0.5) is 11.6 Å². The second-order valence-electron chi connectivity index (χ2n) is 2.40. The van der Waals surface area contributed by atoms with Crippen molar-refractivity contribution in [2.45, 2.75) is 6.92 Å². The number of nitrogens with zero attached hydrogens (tertiary/aromatic N) is 1. The van der Waals surface area contributed by atoms with Crippen LogP contribution in [0.25, 0.3) is 0 Å². The Morgan fingerprint density at radius 1 is 1.33 bits per heavy atom. The maximum Gasteiger partial charge on any atom is 0.394 e. The van der Waals surface area contributed by atoms with Crippen LogP contribution < -0.4 is 17.0 Å². The van der Waals surface area contributed by atoms with Crippen LogP contribution in [0.15, 0.2) is 4.79 Å². The molecule has 0 saturated carbocycles. The SMILES string of the molecule is Cc1nc(N)[nH]c(=O)c1N.O=S(=O)(O)O. The number of anilines is 2. The van der Waals surface area contributed by atoms with Crippen molar-refractivity contribution in [2.24, 2.45) is 0 Å². The summed E-state index contributed by atoms with van der Waals surface area (Å²) >= 11 is 0. The van der Waals surface area contributed by atoms with E-state index in [4.69, 9.17) is 29.0 Å². The van der Waals surface area contributed by atoms with E-state index in [9.17, 15) is 4.79 Å². The van der Waals surface area contributed by atoms with Crippen molar-refractivity contribution in [1.82, 2.24) is 9.97 Å². The monoisotopic (exact) mass is 238 g/mol. The fourth-order valence-corrected chi connectivity index (χ4v) is 0.617. The number of nitrogens with one attached hydrogen (secondary N) is 1. The largest absolute Gasteiger partial charge is 0.394 e. The molecule has 7 N–H and O–H groups in total. The third-order valence-corrected chi connectivity index (χ3v) is 1.16. The lowest BCUT2D eigenvalue weighted by molar-refractivity contribution is 0.381. The first kappa shape index (κ1) is 13.4. The van der Waals surface area contributed by atoms with E-state index in [0.717, 1.165) is 0 Å². The van der Waals surface area contributed by atoms with Crippen LogP contribution in [0.1, 0.15) is 5.69 Å². The van der Waals surface area contributed by atoms with Crippen LogP contribution in [0, 0.1) is 6.92 Å². The van der Waals surface area contributed by atoms with Crippen molar-refractivity contribution in [3.05, 3.63) is 16.0 Å². The molecule has 0 amide bonds. The molecule has 0 aliphatic heterocycles. The van der Waals surface area contributed by atoms with Crippen molar-refractivity contribution in [3.63, 3.8) is 0 Å². The van der Waals surface area contributed by atoms with Gasteiger partial charge < -0.3 is 11.5 Å². The zero-order chi connectivity index (χ0) is 12.2. The van der Waals surface area contributed by atoms with Crippen LogP contribution in [-0.4, -0.2) is 27.5 Å². The second kappa shape index (κ2) is 4.72. The Morgan fingerprint density at radius 2 is 1.73 bits per heavy atom. The summed E-state index contributed by atoms with van der Waals surface area (Å²) in [5, 5.41) is 0. The van der Waals surface area contributed by atoms with Crippen LogP contribution in [0.5, 0.6) is 0 Å². The van der Waals surface area contributed by atoms with Gasteiger partial charge in [-0.25, -0.2) is 4.98 Å². The van der Waals surface area contributed by atoms with Crippen LogP contribution in [0.2, 0.25) is 0 Å². The summed E-state index contributed by atoms with van der Waals surface area (Å²) in [4.78, 5) is 16.8. The van der Waals surface area contributed by atoms with E-state index in [1.165, 1.54) is 0 Å². The number of rotatable bonds is 0. The maximum atomic E-state index is 10.8. The molecular formula is C5H10N4O5S. The number of nitrogens with two attached hydrogens (primary N) is 2. The molecule has 0 aliphatic carbocycles. The number of aromatic nitrogens is 2. The molecule has 1 heterocycles. The van der Waals surface area contributed by atoms with Gasteiger partial charge in [0.1, 0.15) is 5.69 Å². The molecule has 1 aromatic heterocycles. The molecule has 0 spiro atoms. The van der Waals surface area contributed by atoms with Gasteiger partial charge in [-0.15, -0.1) is 0 Å². The van der Waals surface area contributed by atoms with E-state index in [-0.39, 0.29) is 17.2 Å². The Labute approximate surface area is 84.7 Å². The quantitative estimate of drug-likeness (QED) is 0.343. The van der Waals surface area contributed by atoms with Gasteiger partial charge in [0, 0.05) is 0 Å². The highest BCUT2D eigenvalue weighted by Crippen LogP contribution is 1.98. The molecule has 86 valence electrons. The van der Waals surface area contributed by atoms with Gasteiger partial charge in [0.15, 0.2) is 0 Å². The summed E-state index contributed by atoms with van der Waals surface area (Å²) in [6, 6.07) is 0. The van der Waals surface area contributed by atoms with E-state index in [1.54, 1.807) is 6.92 Å². The minimum absolute atomic E-state index is 0.0942. The van der Waals surface area contributed by atoms with Crippen LogP contribution >= 0.6 is 0 Å². The molecule has 1 aromatic rings. The van der Waals surface area contributed by atoms with Gasteiger partial charge in [-0.3, -0.25) is 18.9 Å². The summed E-state index contributed by atoms with van der Waals surface area (Å²) in [5.74, 6) is 0.0942. The number of aromatic amines is 1. The molecule has 0 saturated heterocycles. The molecule has 1 rings (SSSR count). The third-order valence-electron chi connectivity index (χ3n) is 1.16. The minimum atomic E-state index is -4.67. The molecule has 9 nitrogen and oxygen atoms in total. The Morgan fingerprint density at radius 3 is 2.07 bits per heavy atom. The molecule has 0 unspecified atom stereocenters. The smallest absolute Gasteiger partial charge is 0.393 e. The normalized spacial score (nSPS) is 10.3. The first-order valence-corrected chi connectivity index (χ1v) is 4.82. The van der Waals surface area contributed by atoms with Crippen molar-refractivity contribution in [3.8, 4) is 0 Å². The first-order valence-electron chi connectivity index (χ1n) is 3.43. The van der Waals surface area contributed by atoms with Crippen molar-refractivity contribution < 1.29 is 17.5 Å². The summed E-state index contributed by atoms with van der Waals surface area (Å²) in [6.45, 7) is 1.63. The summed E-state index contributed by atoms with van der Waals surface area (Å²) in [7, 11) is -4.67. The highest BCUT2D eigenvalue weighted by molar-refractivity contribution is 7.79. The Kier molecular flexibility index (Phi) is 4.21. The molecule has 0 atom stereocenters. The predicted molar refractivity (Wildman–Crippen MR) is 52.6 cm³/mol. The summed E-state index contributed by atoms with van der Waals surface area (Å²) in [5.41, 5.74) is 10.7. The summed E-state index contributed by atoms with van der Waals surface area (Å²) < 4.78 is 31.6. The third kappa shape index (κ3) is 6.42. The van der Waals surface area contributed by atoms with Gasteiger partial charge in [-0.2, -0.15) is 8.42 Å². The Hall–Kier alpha value is -1.65. The molecule has 0 fully saturated rings. The van der Waals surface area contributed by atoms with Crippen LogP contribution in [0.3, 0.4) is 0 Å². The predicted octanol–water partition coefficient (Wildman–Crippen LogP) is -1.41. The fraction of sp³-hybridized carbons (Fsp3) is 0.200. The number of nitrogen functional groups attached to an aromatic ring is 2. The standard InChI is InChI=1S/C5H8N4O.H2O4S/c1-2-3(6)4(10)9-5(7)8-2;1-5(2,3)4/h6H2,1H3,(H3,7,8,9,10);(H2,1,2,3,4). The molecule has 0 aliphatic rings. The van der Waals surface area contributed by atoms with Gasteiger partial charge in [0.25, 0.3) is 5.56 Å². The van der Waals surface area contributed by atoms with Gasteiger partial charge >= 0.3 is 10.4 Å². The van der Waals surface area contributed by atoms with Gasteiger partial charge in [0.2, 0.25) is 5.95 Å². The lowest BCUT2D eigenvalue weighted by atomic mass is 10.4. The van der Waals surface area contributed by atoms with E-state index in [0.29, 0.717) is 5.69 Å². The molecule has 0 aromatic carbocycles. The van der Waals surface area contributed by atoms with Crippen molar-refractivity contribution in [1.29, 1.82) is 0 Å². The lowest BCUT2D eigenvalue weighted by Crippen LogP contribution is -2.16. The minimum Gasteiger partial charge on any atom is -0.393 e. The number of hydrogen-bond donors (Lipinski definition) is 5. The Bertz CT molecular complexity index is 485. The first-order chi connectivity index (χ1) is 6.61. The Balaban J connectivity index is 0.000000336. The summed E-state index contributed by atoms with van der Waals surface area (Å²) in [6.07, 6.45) is 0. The molecular weight excluding hydrogens is 228 g/mol. The highest BCUT2D eigenvalue weighted by atomic mass is 32.3. The second-order valence-corrected chi connectivity index (χ2v) is 3.29. The maximum absolute atomic E-state index is 10.8. The van der Waals surface area contributed by atoms with E-state index < -0.39 is 10.4 Å². The van der Waals surface area contributed by atoms with Crippen LogP contribution in [-0.2, 0) is 10.4 Å². The molecule has 10 heteroatoms. The average molecular weight is 238 g/mol. The van der Waals surface area contributed by atoms with E-state index >= 15 is 0 Å². The van der Waals surface area contributed by atoms with Gasteiger partial charge in [-0.05, 0) is 6.92 Å². The zero-order valence-corrected chi connectivity index (χ0v) is 8.45. The molecule has 0 radical (unpaired) electrons. The molecule has 0 bridgehead atoms. The zero-order valence-electron chi connectivity index (χ0n) is 7.63. The number of aryl methyl sites for hydroxylation is 1.